The summed E-state index contributed by atoms with van der Waals surface area (Å²) >= 11 is 0. The summed E-state index contributed by atoms with van der Waals surface area (Å²) < 4.78 is 16.9. The minimum atomic E-state index is -0.394. The Balaban J connectivity index is 1.52. The smallest absolute Gasteiger partial charge is 0.407 e. The van der Waals surface area contributed by atoms with Crippen molar-refractivity contribution in [3.05, 3.63) is 23.8 Å². The zero-order valence-corrected chi connectivity index (χ0v) is 17.9. The second-order valence-electron chi connectivity index (χ2n) is 8.32. The first-order valence-corrected chi connectivity index (χ1v) is 10.8. The maximum Gasteiger partial charge on any atom is 0.407 e. The second kappa shape index (κ2) is 9.30. The van der Waals surface area contributed by atoms with E-state index in [4.69, 9.17) is 14.2 Å². The predicted octanol–water partition coefficient (Wildman–Crippen LogP) is 2.81. The Labute approximate surface area is 173 Å². The number of allylic oxidation sites excluding steroid dienone is 1. The average molecular weight is 407 g/mol. The molecule has 0 saturated carbocycles. The van der Waals surface area contributed by atoms with Crippen molar-refractivity contribution in [1.82, 2.24) is 10.2 Å². The summed E-state index contributed by atoms with van der Waals surface area (Å²) in [5.41, 5.74) is 1.34. The number of alkyl carbamates (subject to hydrolysis) is 1. The van der Waals surface area contributed by atoms with E-state index in [9.17, 15) is 9.59 Å². The normalized spacial score (nSPS) is 33.2. The van der Waals surface area contributed by atoms with E-state index >= 15 is 0 Å². The molecule has 0 unspecified atom stereocenters. The second-order valence-corrected chi connectivity index (χ2v) is 8.32. The number of hydrogen-bond donors (Lipinski definition) is 1. The highest BCUT2D eigenvalue weighted by molar-refractivity contribution is 5.91. The van der Waals surface area contributed by atoms with E-state index in [-0.39, 0.29) is 36.3 Å². The van der Waals surface area contributed by atoms with Gasteiger partial charge in [-0.15, -0.1) is 0 Å². The van der Waals surface area contributed by atoms with Gasteiger partial charge in [0, 0.05) is 24.6 Å². The number of carbonyl (C=O) groups is 2. The molecule has 1 aliphatic carbocycles. The molecule has 2 heterocycles. The summed E-state index contributed by atoms with van der Waals surface area (Å²) in [6, 6.07) is 0. The molecule has 162 valence electrons. The molecular weight excluding hydrogens is 372 g/mol. The van der Waals surface area contributed by atoms with E-state index in [1.807, 2.05) is 0 Å². The summed E-state index contributed by atoms with van der Waals surface area (Å²) in [7, 11) is 0. The van der Waals surface area contributed by atoms with Crippen LogP contribution >= 0.6 is 0 Å². The van der Waals surface area contributed by atoms with Gasteiger partial charge in [0.05, 0.1) is 5.60 Å². The molecule has 7 heteroatoms. The summed E-state index contributed by atoms with van der Waals surface area (Å²) in [5, 5.41) is 2.81. The molecule has 0 radical (unpaired) electrons. The highest BCUT2D eigenvalue weighted by Gasteiger charge is 2.61. The van der Waals surface area contributed by atoms with Crippen LogP contribution in [0.5, 0.6) is 0 Å². The number of nitrogens with zero attached hydrogens (tertiary/aromatic N) is 1. The Morgan fingerprint density at radius 1 is 1.41 bits per heavy atom. The van der Waals surface area contributed by atoms with Gasteiger partial charge in [0.1, 0.15) is 18.8 Å². The molecule has 0 aromatic heterocycles. The Kier molecular flexibility index (Phi) is 7.01. The number of likely N-dealkylation sites (N-methyl/N-ethyl adjacent to an activating group) is 1. The molecule has 0 spiro atoms. The number of rotatable bonds is 7. The van der Waals surface area contributed by atoms with Gasteiger partial charge in [0.15, 0.2) is 0 Å². The first kappa shape index (κ1) is 21.8. The number of epoxide rings is 1. The van der Waals surface area contributed by atoms with Crippen molar-refractivity contribution in [1.29, 1.82) is 0 Å². The third-order valence-electron chi connectivity index (χ3n) is 6.42. The largest absolute Gasteiger partial charge is 0.455 e. The lowest BCUT2D eigenvalue weighted by Gasteiger charge is -2.20. The molecule has 7 nitrogen and oxygen atoms in total. The molecule has 2 fully saturated rings. The fraction of sp³-hybridized carbons (Fsp3) is 0.727. The maximum atomic E-state index is 12.0. The molecule has 0 aromatic rings. The van der Waals surface area contributed by atoms with Crippen LogP contribution in [0.2, 0.25) is 0 Å². The van der Waals surface area contributed by atoms with Gasteiger partial charge in [0.25, 0.3) is 0 Å². The van der Waals surface area contributed by atoms with Crippen LogP contribution in [-0.2, 0) is 19.0 Å². The molecule has 1 amide bonds. The standard InChI is InChI=1S/C22H34N2O5/c1-5-24(6-2)13-12-23-21(26)27-14-16-8-7-11-22(4)19(29-22)18-17(10-9-16)15(3)20(25)28-18/h8,17-19H,3,5-7,9-14H2,1-2,4H3,(H,23,26)/b16-8+/t17-,18-,19-,22+/m0/s1. The van der Waals surface area contributed by atoms with Gasteiger partial charge >= 0.3 is 12.1 Å². The summed E-state index contributed by atoms with van der Waals surface area (Å²) in [5.74, 6) is -0.356. The number of hydrogen-bond acceptors (Lipinski definition) is 6. The summed E-state index contributed by atoms with van der Waals surface area (Å²) in [6.07, 6.45) is 4.65. The van der Waals surface area contributed by atoms with Crippen molar-refractivity contribution in [2.24, 2.45) is 5.92 Å². The maximum absolute atomic E-state index is 12.0. The van der Waals surface area contributed by atoms with Crippen LogP contribution in [-0.4, -0.2) is 67.6 Å². The minimum absolute atomic E-state index is 0.0428. The fourth-order valence-electron chi connectivity index (χ4n) is 4.32. The highest BCUT2D eigenvalue weighted by Crippen LogP contribution is 2.49. The fourth-order valence-corrected chi connectivity index (χ4v) is 4.32. The number of amides is 1. The van der Waals surface area contributed by atoms with Crippen LogP contribution in [0.1, 0.15) is 46.5 Å². The zero-order valence-electron chi connectivity index (χ0n) is 17.9. The van der Waals surface area contributed by atoms with Crippen molar-refractivity contribution in [2.75, 3.05) is 32.8 Å². The van der Waals surface area contributed by atoms with Gasteiger partial charge in [-0.2, -0.15) is 0 Å². The van der Waals surface area contributed by atoms with E-state index in [0.717, 1.165) is 50.9 Å². The van der Waals surface area contributed by atoms with Gasteiger partial charge in [-0.05, 0) is 51.3 Å². The lowest BCUT2D eigenvalue weighted by molar-refractivity contribution is -0.140. The lowest BCUT2D eigenvalue weighted by Crippen LogP contribution is -2.35. The zero-order chi connectivity index (χ0) is 21.0. The van der Waals surface area contributed by atoms with Crippen LogP contribution < -0.4 is 5.32 Å². The van der Waals surface area contributed by atoms with E-state index in [2.05, 4.69) is 43.6 Å². The van der Waals surface area contributed by atoms with Crippen LogP contribution in [0.4, 0.5) is 4.79 Å². The average Bonchev–Trinajstić information content (AvgIpc) is 3.29. The predicted molar refractivity (Wildman–Crippen MR) is 109 cm³/mol. The van der Waals surface area contributed by atoms with Crippen LogP contribution in [0, 0.1) is 5.92 Å². The molecule has 0 aromatic carbocycles. The molecule has 0 bridgehead atoms. The van der Waals surface area contributed by atoms with Gasteiger partial charge in [0.2, 0.25) is 0 Å². The number of fused-ring (bicyclic) bond motifs is 3. The van der Waals surface area contributed by atoms with Gasteiger partial charge in [-0.1, -0.05) is 26.5 Å². The van der Waals surface area contributed by atoms with Crippen LogP contribution in [0.25, 0.3) is 0 Å². The van der Waals surface area contributed by atoms with Gasteiger partial charge in [-0.3, -0.25) is 0 Å². The third-order valence-corrected chi connectivity index (χ3v) is 6.42. The number of esters is 1. The van der Waals surface area contributed by atoms with Crippen LogP contribution in [0.3, 0.4) is 0 Å². The number of nitrogens with one attached hydrogen (secondary N) is 1. The molecule has 3 rings (SSSR count). The van der Waals surface area contributed by atoms with Gasteiger partial charge in [-0.25, -0.2) is 9.59 Å². The van der Waals surface area contributed by atoms with E-state index in [1.54, 1.807) is 0 Å². The lowest BCUT2D eigenvalue weighted by atomic mass is 9.84. The molecule has 2 aliphatic heterocycles. The molecule has 4 atom stereocenters. The quantitative estimate of drug-likeness (QED) is 0.303. The molecule has 1 N–H and O–H groups in total. The van der Waals surface area contributed by atoms with E-state index in [0.29, 0.717) is 12.1 Å². The first-order chi connectivity index (χ1) is 13.9. The van der Waals surface area contributed by atoms with E-state index in [1.165, 1.54) is 0 Å². The number of ether oxygens (including phenoxy) is 3. The van der Waals surface area contributed by atoms with Crippen molar-refractivity contribution < 1.29 is 23.8 Å². The third kappa shape index (κ3) is 5.20. The van der Waals surface area contributed by atoms with Crippen molar-refractivity contribution in [3.8, 4) is 0 Å². The van der Waals surface area contributed by atoms with Gasteiger partial charge < -0.3 is 24.4 Å². The van der Waals surface area contributed by atoms with Crippen molar-refractivity contribution in [3.63, 3.8) is 0 Å². The Morgan fingerprint density at radius 2 is 2.17 bits per heavy atom. The Bertz CT molecular complexity index is 672. The van der Waals surface area contributed by atoms with Crippen molar-refractivity contribution >= 4 is 12.1 Å². The SMILES string of the molecule is C=C1C(=O)O[C@H]2[C@H]1CC/C(COC(=O)NCCN(CC)CC)=C\CC[C@@]1(C)O[C@@H]21. The minimum Gasteiger partial charge on any atom is -0.455 e. The van der Waals surface area contributed by atoms with Crippen LogP contribution in [0.15, 0.2) is 23.8 Å². The monoisotopic (exact) mass is 406 g/mol. The summed E-state index contributed by atoms with van der Waals surface area (Å²) in [6.45, 7) is 13.8. The Hall–Kier alpha value is -1.86. The van der Waals surface area contributed by atoms with E-state index < -0.39 is 6.09 Å². The first-order valence-electron chi connectivity index (χ1n) is 10.8. The topological polar surface area (TPSA) is 80.4 Å². The number of carbonyl (C=O) groups excluding carboxylic acids is 2. The molecule has 2 saturated heterocycles. The van der Waals surface area contributed by atoms with Crippen molar-refractivity contribution in [2.45, 2.75) is 64.3 Å². The molecule has 3 aliphatic rings. The highest BCUT2D eigenvalue weighted by atomic mass is 16.6. The molecule has 29 heavy (non-hydrogen) atoms. The Morgan fingerprint density at radius 3 is 2.90 bits per heavy atom. The summed E-state index contributed by atoms with van der Waals surface area (Å²) in [4.78, 5) is 26.3. The molecular formula is C22H34N2O5.